The Hall–Kier alpha value is -1.15. The lowest BCUT2D eigenvalue weighted by atomic mass is 9.93. The van der Waals surface area contributed by atoms with Crippen molar-refractivity contribution in [2.24, 2.45) is 17.8 Å². The van der Waals surface area contributed by atoms with Crippen molar-refractivity contribution in [1.29, 1.82) is 0 Å². The van der Waals surface area contributed by atoms with Crippen LogP contribution in [-0.4, -0.2) is 20.6 Å². The molecular formula is C16H21ClN2. The Morgan fingerprint density at radius 1 is 1.26 bits per heavy atom. The van der Waals surface area contributed by atoms with Gasteiger partial charge >= 0.3 is 0 Å². The molecule has 0 amide bonds. The Bertz CT molecular complexity index is 496. The van der Waals surface area contributed by atoms with Crippen LogP contribution in [0.2, 0.25) is 5.02 Å². The Balaban J connectivity index is 1.61. The van der Waals surface area contributed by atoms with Crippen molar-refractivity contribution >= 4 is 23.0 Å². The average molecular weight is 277 g/mol. The summed E-state index contributed by atoms with van der Waals surface area (Å²) in [5.74, 6) is 2.44. The number of hydrogen-bond acceptors (Lipinski definition) is 2. The SMILES string of the molecule is CN(C)c1ccc(NCC2CC3C=CC2C3)cc1Cl. The number of benzene rings is 1. The molecule has 3 atom stereocenters. The number of allylic oxidation sites excluding steroid dienone is 2. The quantitative estimate of drug-likeness (QED) is 0.836. The minimum Gasteiger partial charge on any atom is -0.385 e. The molecule has 102 valence electrons. The van der Waals surface area contributed by atoms with Crippen LogP contribution in [0.1, 0.15) is 12.8 Å². The molecule has 2 bridgehead atoms. The topological polar surface area (TPSA) is 15.3 Å². The number of anilines is 2. The van der Waals surface area contributed by atoms with Crippen molar-refractivity contribution in [1.82, 2.24) is 0 Å². The van der Waals surface area contributed by atoms with E-state index in [1.54, 1.807) is 0 Å². The third kappa shape index (κ3) is 2.59. The highest BCUT2D eigenvalue weighted by atomic mass is 35.5. The van der Waals surface area contributed by atoms with E-state index in [1.807, 2.05) is 25.1 Å². The van der Waals surface area contributed by atoms with Crippen LogP contribution in [0.15, 0.2) is 30.4 Å². The number of nitrogens with one attached hydrogen (secondary N) is 1. The van der Waals surface area contributed by atoms with Gasteiger partial charge in [-0.3, -0.25) is 0 Å². The van der Waals surface area contributed by atoms with Gasteiger partial charge in [0.15, 0.2) is 0 Å². The maximum atomic E-state index is 6.29. The normalized spacial score (nSPS) is 27.8. The van der Waals surface area contributed by atoms with Crippen molar-refractivity contribution in [2.75, 3.05) is 30.9 Å². The molecule has 2 aliphatic rings. The van der Waals surface area contributed by atoms with E-state index in [9.17, 15) is 0 Å². The van der Waals surface area contributed by atoms with Gasteiger partial charge in [-0.05, 0) is 48.8 Å². The van der Waals surface area contributed by atoms with Gasteiger partial charge in [-0.1, -0.05) is 23.8 Å². The highest BCUT2D eigenvalue weighted by Crippen LogP contribution is 2.43. The zero-order valence-corrected chi connectivity index (χ0v) is 12.3. The molecule has 0 aromatic heterocycles. The molecule has 2 nitrogen and oxygen atoms in total. The van der Waals surface area contributed by atoms with Crippen molar-refractivity contribution in [2.45, 2.75) is 12.8 Å². The predicted molar refractivity (Wildman–Crippen MR) is 83.1 cm³/mol. The second kappa shape index (κ2) is 5.09. The van der Waals surface area contributed by atoms with Crippen LogP contribution in [0.25, 0.3) is 0 Å². The predicted octanol–water partition coefficient (Wildman–Crippen LogP) is 4.03. The van der Waals surface area contributed by atoms with Crippen molar-refractivity contribution in [3.63, 3.8) is 0 Å². The number of rotatable bonds is 4. The van der Waals surface area contributed by atoms with Gasteiger partial charge in [-0.2, -0.15) is 0 Å². The molecule has 19 heavy (non-hydrogen) atoms. The molecule has 0 heterocycles. The molecule has 2 aliphatic carbocycles. The van der Waals surface area contributed by atoms with Gasteiger partial charge in [0, 0.05) is 26.3 Å². The van der Waals surface area contributed by atoms with E-state index < -0.39 is 0 Å². The van der Waals surface area contributed by atoms with Gasteiger partial charge in [0.05, 0.1) is 10.7 Å². The Morgan fingerprint density at radius 3 is 2.68 bits per heavy atom. The van der Waals surface area contributed by atoms with Crippen molar-refractivity contribution < 1.29 is 0 Å². The first kappa shape index (κ1) is 12.9. The van der Waals surface area contributed by atoms with Crippen LogP contribution in [-0.2, 0) is 0 Å². The fraction of sp³-hybridized carbons (Fsp3) is 0.500. The molecular weight excluding hydrogens is 256 g/mol. The zero-order chi connectivity index (χ0) is 13.4. The molecule has 1 N–H and O–H groups in total. The van der Waals surface area contributed by atoms with Crippen molar-refractivity contribution in [3.05, 3.63) is 35.4 Å². The van der Waals surface area contributed by atoms with Gasteiger partial charge in [-0.15, -0.1) is 0 Å². The lowest BCUT2D eigenvalue weighted by Crippen LogP contribution is -2.18. The molecule has 0 saturated heterocycles. The lowest BCUT2D eigenvalue weighted by Gasteiger charge is -2.20. The molecule has 3 heteroatoms. The van der Waals surface area contributed by atoms with E-state index in [0.717, 1.165) is 40.7 Å². The maximum Gasteiger partial charge on any atom is 0.0659 e. The Labute approximate surface area is 120 Å². The van der Waals surface area contributed by atoms with Crippen LogP contribution in [0.4, 0.5) is 11.4 Å². The van der Waals surface area contributed by atoms with Gasteiger partial charge in [-0.25, -0.2) is 0 Å². The maximum absolute atomic E-state index is 6.29. The first-order valence-corrected chi connectivity index (χ1v) is 7.40. The van der Waals surface area contributed by atoms with Crippen LogP contribution >= 0.6 is 11.6 Å². The molecule has 0 aliphatic heterocycles. The first-order valence-electron chi connectivity index (χ1n) is 7.02. The molecule has 1 aromatic rings. The van der Waals surface area contributed by atoms with E-state index in [4.69, 9.17) is 11.6 Å². The summed E-state index contributed by atoms with van der Waals surface area (Å²) in [4.78, 5) is 2.03. The summed E-state index contributed by atoms with van der Waals surface area (Å²) in [6.07, 6.45) is 7.51. The molecule has 0 radical (unpaired) electrons. The molecule has 3 rings (SSSR count). The summed E-state index contributed by atoms with van der Waals surface area (Å²) in [7, 11) is 4.02. The number of hydrogen-bond donors (Lipinski definition) is 1. The third-order valence-electron chi connectivity index (χ3n) is 4.41. The standard InChI is InChI=1S/C16H21ClN2/c1-19(2)16-6-5-14(9-15(16)17)18-10-13-8-11-3-4-12(13)7-11/h3-6,9,11-13,18H,7-8,10H2,1-2H3. The van der Waals surface area contributed by atoms with E-state index in [-0.39, 0.29) is 0 Å². The third-order valence-corrected chi connectivity index (χ3v) is 4.72. The number of fused-ring (bicyclic) bond motifs is 2. The van der Waals surface area contributed by atoms with Crippen LogP contribution in [0.5, 0.6) is 0 Å². The van der Waals surface area contributed by atoms with E-state index in [2.05, 4.69) is 29.6 Å². The van der Waals surface area contributed by atoms with Crippen LogP contribution < -0.4 is 10.2 Å². The summed E-state index contributed by atoms with van der Waals surface area (Å²) < 4.78 is 0. The highest BCUT2D eigenvalue weighted by Gasteiger charge is 2.35. The number of halogens is 1. The van der Waals surface area contributed by atoms with Gasteiger partial charge < -0.3 is 10.2 Å². The molecule has 1 fully saturated rings. The fourth-order valence-corrected chi connectivity index (χ4v) is 3.71. The summed E-state index contributed by atoms with van der Waals surface area (Å²) in [6.45, 7) is 1.06. The average Bonchev–Trinajstić information content (AvgIpc) is 2.98. The van der Waals surface area contributed by atoms with E-state index in [0.29, 0.717) is 0 Å². The highest BCUT2D eigenvalue weighted by molar-refractivity contribution is 6.33. The fourth-order valence-electron chi connectivity index (χ4n) is 3.36. The molecule has 1 aromatic carbocycles. The minimum atomic E-state index is 0.794. The second-order valence-electron chi connectivity index (χ2n) is 5.98. The summed E-state index contributed by atoms with van der Waals surface area (Å²) in [5.41, 5.74) is 2.19. The van der Waals surface area contributed by atoms with Crippen LogP contribution in [0, 0.1) is 17.8 Å². The van der Waals surface area contributed by atoms with Gasteiger partial charge in [0.25, 0.3) is 0 Å². The number of nitrogens with zero attached hydrogens (tertiary/aromatic N) is 1. The summed E-state index contributed by atoms with van der Waals surface area (Å²) >= 11 is 6.29. The zero-order valence-electron chi connectivity index (χ0n) is 11.6. The lowest BCUT2D eigenvalue weighted by molar-refractivity contribution is 0.472. The Morgan fingerprint density at radius 2 is 2.11 bits per heavy atom. The molecule has 3 unspecified atom stereocenters. The largest absolute Gasteiger partial charge is 0.385 e. The Kier molecular flexibility index (Phi) is 3.44. The van der Waals surface area contributed by atoms with Gasteiger partial charge in [0.2, 0.25) is 0 Å². The smallest absolute Gasteiger partial charge is 0.0659 e. The molecule has 0 spiro atoms. The second-order valence-corrected chi connectivity index (χ2v) is 6.39. The van der Waals surface area contributed by atoms with Gasteiger partial charge in [0.1, 0.15) is 0 Å². The van der Waals surface area contributed by atoms with Crippen molar-refractivity contribution in [3.8, 4) is 0 Å². The van der Waals surface area contributed by atoms with E-state index in [1.165, 1.54) is 12.8 Å². The van der Waals surface area contributed by atoms with Crippen LogP contribution in [0.3, 0.4) is 0 Å². The first-order chi connectivity index (χ1) is 9.13. The summed E-state index contributed by atoms with van der Waals surface area (Å²) in [5, 5.41) is 4.35. The summed E-state index contributed by atoms with van der Waals surface area (Å²) in [6, 6.07) is 6.22. The van der Waals surface area contributed by atoms with E-state index >= 15 is 0 Å². The monoisotopic (exact) mass is 276 g/mol. The molecule has 1 saturated carbocycles. The minimum absolute atomic E-state index is 0.794.